The standard InChI is InChI=1S/C27H38N4O3S/c1-19-5-7-23(8-6-19)26-29-21(3)24(35-26)27(33)31-13-9-22(10-14-31)20(2)25(32)28-11-4-12-30-15-17-34-18-16-30/h5-8,20,22H,4,9-18H2,1-3H3,(H,28,32)/t20-/m0/s1. The van der Waals surface area contributed by atoms with Crippen LogP contribution < -0.4 is 5.32 Å². The Morgan fingerprint density at radius 2 is 1.80 bits per heavy atom. The molecule has 7 nitrogen and oxygen atoms in total. The highest BCUT2D eigenvalue weighted by Crippen LogP contribution is 2.31. The summed E-state index contributed by atoms with van der Waals surface area (Å²) in [5.41, 5.74) is 3.05. The van der Waals surface area contributed by atoms with Gasteiger partial charge in [0.05, 0.1) is 18.9 Å². The first-order chi connectivity index (χ1) is 16.9. The van der Waals surface area contributed by atoms with E-state index >= 15 is 0 Å². The number of rotatable bonds is 8. The van der Waals surface area contributed by atoms with Crippen LogP contribution in [0.2, 0.25) is 0 Å². The van der Waals surface area contributed by atoms with E-state index < -0.39 is 0 Å². The van der Waals surface area contributed by atoms with E-state index in [0.717, 1.165) is 73.3 Å². The molecule has 3 heterocycles. The molecule has 1 aromatic carbocycles. The molecule has 2 amide bonds. The Morgan fingerprint density at radius 3 is 2.49 bits per heavy atom. The third-order valence-electron chi connectivity index (χ3n) is 7.29. The van der Waals surface area contributed by atoms with Crippen LogP contribution in [0.1, 0.15) is 47.1 Å². The number of hydrogen-bond acceptors (Lipinski definition) is 6. The van der Waals surface area contributed by atoms with Crippen molar-refractivity contribution in [3.63, 3.8) is 0 Å². The van der Waals surface area contributed by atoms with E-state index in [9.17, 15) is 9.59 Å². The molecule has 190 valence electrons. The summed E-state index contributed by atoms with van der Waals surface area (Å²) in [6.45, 7) is 12.7. The first kappa shape index (κ1) is 25.8. The molecular weight excluding hydrogens is 460 g/mol. The maximum Gasteiger partial charge on any atom is 0.265 e. The van der Waals surface area contributed by atoms with Gasteiger partial charge in [-0.15, -0.1) is 11.3 Å². The summed E-state index contributed by atoms with van der Waals surface area (Å²) in [7, 11) is 0. The van der Waals surface area contributed by atoms with Crippen LogP contribution in [-0.4, -0.2) is 79.1 Å². The number of morpholine rings is 1. The van der Waals surface area contributed by atoms with Crippen LogP contribution in [-0.2, 0) is 9.53 Å². The van der Waals surface area contributed by atoms with Crippen LogP contribution in [0, 0.1) is 25.7 Å². The van der Waals surface area contributed by atoms with Gasteiger partial charge in [0.1, 0.15) is 9.88 Å². The third kappa shape index (κ3) is 6.68. The van der Waals surface area contributed by atoms with Gasteiger partial charge in [0.25, 0.3) is 5.91 Å². The number of aromatic nitrogens is 1. The van der Waals surface area contributed by atoms with Crippen LogP contribution in [0.4, 0.5) is 0 Å². The second kappa shape index (κ2) is 12.1. The fourth-order valence-electron chi connectivity index (χ4n) is 4.87. The van der Waals surface area contributed by atoms with E-state index in [0.29, 0.717) is 25.6 Å². The minimum atomic E-state index is -0.0334. The zero-order chi connectivity index (χ0) is 24.8. The van der Waals surface area contributed by atoms with Gasteiger partial charge in [-0.1, -0.05) is 36.8 Å². The van der Waals surface area contributed by atoms with Crippen molar-refractivity contribution in [3.05, 3.63) is 40.4 Å². The summed E-state index contributed by atoms with van der Waals surface area (Å²) in [5, 5.41) is 4.01. The second-order valence-electron chi connectivity index (χ2n) is 9.82. The van der Waals surface area contributed by atoms with Gasteiger partial charge in [-0.3, -0.25) is 14.5 Å². The zero-order valence-electron chi connectivity index (χ0n) is 21.2. The summed E-state index contributed by atoms with van der Waals surface area (Å²) >= 11 is 1.48. The average Bonchev–Trinajstić information content (AvgIpc) is 3.28. The van der Waals surface area contributed by atoms with Crippen molar-refractivity contribution in [1.82, 2.24) is 20.1 Å². The Hall–Kier alpha value is -2.29. The van der Waals surface area contributed by atoms with Gasteiger partial charge in [0.15, 0.2) is 0 Å². The maximum atomic E-state index is 13.2. The third-order valence-corrected chi connectivity index (χ3v) is 8.49. The number of hydrogen-bond donors (Lipinski definition) is 1. The topological polar surface area (TPSA) is 74.8 Å². The van der Waals surface area contributed by atoms with Crippen LogP contribution >= 0.6 is 11.3 Å². The Morgan fingerprint density at radius 1 is 1.11 bits per heavy atom. The minimum Gasteiger partial charge on any atom is -0.379 e. The summed E-state index contributed by atoms with van der Waals surface area (Å²) in [6, 6.07) is 8.25. The molecule has 0 unspecified atom stereocenters. The molecule has 0 aliphatic carbocycles. The number of piperidine rings is 1. The molecule has 0 radical (unpaired) electrons. The summed E-state index contributed by atoms with van der Waals surface area (Å²) in [4.78, 5) is 35.7. The van der Waals surface area contributed by atoms with Gasteiger partial charge in [-0.2, -0.15) is 0 Å². The zero-order valence-corrected chi connectivity index (χ0v) is 22.0. The number of carbonyl (C=O) groups excluding carboxylic acids is 2. The number of thiazole rings is 1. The first-order valence-electron chi connectivity index (χ1n) is 12.8. The van der Waals surface area contributed by atoms with Crippen molar-refractivity contribution in [1.29, 1.82) is 0 Å². The highest BCUT2D eigenvalue weighted by molar-refractivity contribution is 7.17. The summed E-state index contributed by atoms with van der Waals surface area (Å²) < 4.78 is 5.38. The smallest absolute Gasteiger partial charge is 0.265 e. The Balaban J connectivity index is 1.23. The monoisotopic (exact) mass is 498 g/mol. The van der Waals surface area contributed by atoms with Crippen molar-refractivity contribution in [2.75, 3.05) is 52.5 Å². The number of likely N-dealkylation sites (tertiary alicyclic amines) is 1. The predicted octanol–water partition coefficient (Wildman–Crippen LogP) is 3.75. The van der Waals surface area contributed by atoms with Crippen molar-refractivity contribution < 1.29 is 14.3 Å². The largest absolute Gasteiger partial charge is 0.379 e. The predicted molar refractivity (Wildman–Crippen MR) is 140 cm³/mol. The van der Waals surface area contributed by atoms with Crippen LogP contribution in [0.25, 0.3) is 10.6 Å². The van der Waals surface area contributed by atoms with Gasteiger partial charge < -0.3 is 15.0 Å². The molecular formula is C27H38N4O3S. The molecule has 2 aliphatic rings. The number of aryl methyl sites for hydroxylation is 2. The van der Waals surface area contributed by atoms with Crippen LogP contribution in [0.5, 0.6) is 0 Å². The lowest BCUT2D eigenvalue weighted by molar-refractivity contribution is -0.126. The molecule has 2 fully saturated rings. The van der Waals surface area contributed by atoms with Crippen molar-refractivity contribution in [3.8, 4) is 10.6 Å². The lowest BCUT2D eigenvalue weighted by Gasteiger charge is -2.34. The van der Waals surface area contributed by atoms with E-state index in [1.54, 1.807) is 0 Å². The molecule has 2 aliphatic heterocycles. The highest BCUT2D eigenvalue weighted by atomic mass is 32.1. The Kier molecular flexibility index (Phi) is 8.92. The van der Waals surface area contributed by atoms with E-state index in [2.05, 4.69) is 46.4 Å². The highest BCUT2D eigenvalue weighted by Gasteiger charge is 2.31. The minimum absolute atomic E-state index is 0.0334. The molecule has 1 atom stereocenters. The van der Waals surface area contributed by atoms with E-state index in [1.165, 1.54) is 16.9 Å². The molecule has 0 saturated carbocycles. The van der Waals surface area contributed by atoms with E-state index in [-0.39, 0.29) is 17.7 Å². The lowest BCUT2D eigenvalue weighted by atomic mass is 9.84. The Bertz CT molecular complexity index is 992. The molecule has 8 heteroatoms. The van der Waals surface area contributed by atoms with Crippen molar-refractivity contribution >= 4 is 23.2 Å². The maximum absolute atomic E-state index is 13.2. The average molecular weight is 499 g/mol. The fourth-order valence-corrected chi connectivity index (χ4v) is 5.91. The molecule has 1 aromatic heterocycles. The summed E-state index contributed by atoms with van der Waals surface area (Å²) in [5.74, 6) is 0.479. The molecule has 2 aromatic rings. The number of nitrogens with one attached hydrogen (secondary N) is 1. The molecule has 0 spiro atoms. The van der Waals surface area contributed by atoms with Crippen molar-refractivity contribution in [2.24, 2.45) is 11.8 Å². The van der Waals surface area contributed by atoms with Gasteiger partial charge in [-0.25, -0.2) is 4.98 Å². The number of ether oxygens (including phenoxy) is 1. The normalized spacial score (nSPS) is 18.4. The first-order valence-corrected chi connectivity index (χ1v) is 13.7. The second-order valence-corrected chi connectivity index (χ2v) is 10.8. The number of nitrogens with zero attached hydrogens (tertiary/aromatic N) is 3. The van der Waals surface area contributed by atoms with E-state index in [4.69, 9.17) is 4.74 Å². The molecule has 0 bridgehead atoms. The number of amides is 2. The fraction of sp³-hybridized carbons (Fsp3) is 0.593. The van der Waals surface area contributed by atoms with Gasteiger partial charge >= 0.3 is 0 Å². The number of carbonyl (C=O) groups is 2. The SMILES string of the molecule is Cc1ccc(-c2nc(C)c(C(=O)N3CCC([C@H](C)C(=O)NCCCN4CCOCC4)CC3)s2)cc1. The van der Waals surface area contributed by atoms with E-state index in [1.807, 2.05) is 18.7 Å². The van der Waals surface area contributed by atoms with Gasteiger partial charge in [0, 0.05) is 44.2 Å². The van der Waals surface area contributed by atoms with Crippen LogP contribution in [0.3, 0.4) is 0 Å². The quantitative estimate of drug-likeness (QED) is 0.561. The lowest BCUT2D eigenvalue weighted by Crippen LogP contribution is -2.43. The van der Waals surface area contributed by atoms with Gasteiger partial charge in [0.2, 0.25) is 5.91 Å². The number of benzene rings is 1. The van der Waals surface area contributed by atoms with Crippen molar-refractivity contribution in [2.45, 2.75) is 40.0 Å². The molecule has 35 heavy (non-hydrogen) atoms. The van der Waals surface area contributed by atoms with Gasteiger partial charge in [-0.05, 0) is 45.6 Å². The molecule has 4 rings (SSSR count). The summed E-state index contributed by atoms with van der Waals surface area (Å²) in [6.07, 6.45) is 2.68. The van der Waals surface area contributed by atoms with Crippen LogP contribution in [0.15, 0.2) is 24.3 Å². The molecule has 1 N–H and O–H groups in total. The molecule has 2 saturated heterocycles. The Labute approximate surface area is 212 Å².